The van der Waals surface area contributed by atoms with Crippen molar-refractivity contribution in [1.82, 2.24) is 20.5 Å². The summed E-state index contributed by atoms with van der Waals surface area (Å²) in [6.45, 7) is 0. The third kappa shape index (κ3) is 3.95. The lowest BCUT2D eigenvalue weighted by atomic mass is 9.85. The van der Waals surface area contributed by atoms with Gasteiger partial charge in [0.05, 0.1) is 7.11 Å². The van der Waals surface area contributed by atoms with Crippen LogP contribution in [0.2, 0.25) is 0 Å². The van der Waals surface area contributed by atoms with Crippen LogP contribution in [-0.2, 0) is 0 Å². The van der Waals surface area contributed by atoms with Gasteiger partial charge >= 0.3 is 6.03 Å². The SMILES string of the molecule is COc1cccc(NC(=O)NC2CCC(c3nc(N)n[nH]3)CC2)c1. The molecule has 1 aromatic carbocycles. The number of nitrogens with two attached hydrogens (primary N) is 1. The maximum atomic E-state index is 12.1. The first kappa shape index (κ1) is 16.1. The maximum absolute atomic E-state index is 12.1. The van der Waals surface area contributed by atoms with Gasteiger partial charge < -0.3 is 21.1 Å². The molecule has 0 saturated heterocycles. The van der Waals surface area contributed by atoms with Gasteiger partial charge in [0.1, 0.15) is 11.6 Å². The second-order valence-electron chi connectivity index (χ2n) is 5.96. The lowest BCUT2D eigenvalue weighted by Crippen LogP contribution is -2.40. The zero-order valence-corrected chi connectivity index (χ0v) is 13.6. The van der Waals surface area contributed by atoms with Crippen molar-refractivity contribution in [2.75, 3.05) is 18.2 Å². The van der Waals surface area contributed by atoms with Crippen molar-refractivity contribution in [3.63, 3.8) is 0 Å². The molecule has 0 atom stereocenters. The average Bonchev–Trinajstić information content (AvgIpc) is 3.02. The number of H-pyrrole nitrogens is 1. The van der Waals surface area contributed by atoms with Gasteiger partial charge in [0.2, 0.25) is 5.95 Å². The summed E-state index contributed by atoms with van der Waals surface area (Å²) in [6.07, 6.45) is 3.69. The van der Waals surface area contributed by atoms with Crippen molar-refractivity contribution in [1.29, 1.82) is 0 Å². The zero-order chi connectivity index (χ0) is 16.9. The van der Waals surface area contributed by atoms with E-state index in [9.17, 15) is 4.79 Å². The number of aromatic amines is 1. The van der Waals surface area contributed by atoms with E-state index in [-0.39, 0.29) is 18.0 Å². The highest BCUT2D eigenvalue weighted by Gasteiger charge is 2.25. The topological polar surface area (TPSA) is 118 Å². The number of rotatable bonds is 4. The van der Waals surface area contributed by atoms with Crippen LogP contribution in [0.3, 0.4) is 0 Å². The van der Waals surface area contributed by atoms with Gasteiger partial charge in [-0.2, -0.15) is 4.98 Å². The molecule has 0 radical (unpaired) electrons. The Kier molecular flexibility index (Phi) is 4.83. The standard InChI is InChI=1S/C16H22N6O2/c1-24-13-4-2-3-12(9-13)19-16(23)18-11-7-5-10(6-8-11)14-20-15(17)22-21-14/h2-4,9-11H,5-8H2,1H3,(H2,18,19,23)(H3,17,20,21,22). The monoisotopic (exact) mass is 330 g/mol. The molecule has 1 aromatic heterocycles. The molecule has 1 fully saturated rings. The number of nitrogens with one attached hydrogen (secondary N) is 3. The Morgan fingerprint density at radius 3 is 2.79 bits per heavy atom. The first-order valence-electron chi connectivity index (χ1n) is 8.03. The molecule has 8 nitrogen and oxygen atoms in total. The van der Waals surface area contributed by atoms with E-state index in [0.717, 1.165) is 31.5 Å². The van der Waals surface area contributed by atoms with Crippen LogP contribution in [0.15, 0.2) is 24.3 Å². The highest BCUT2D eigenvalue weighted by molar-refractivity contribution is 5.89. The number of methoxy groups -OCH3 is 1. The van der Waals surface area contributed by atoms with Crippen LogP contribution in [0.25, 0.3) is 0 Å². The van der Waals surface area contributed by atoms with Gasteiger partial charge in [-0.3, -0.25) is 5.10 Å². The number of aromatic nitrogens is 3. The molecule has 2 amide bonds. The molecule has 1 saturated carbocycles. The number of hydrogen-bond donors (Lipinski definition) is 4. The van der Waals surface area contributed by atoms with Gasteiger partial charge in [0.25, 0.3) is 0 Å². The molecule has 0 unspecified atom stereocenters. The molecule has 24 heavy (non-hydrogen) atoms. The van der Waals surface area contributed by atoms with Crippen LogP contribution >= 0.6 is 0 Å². The van der Waals surface area contributed by atoms with E-state index >= 15 is 0 Å². The van der Waals surface area contributed by atoms with Gasteiger partial charge in [-0.25, -0.2) is 4.79 Å². The largest absolute Gasteiger partial charge is 0.497 e. The molecule has 2 aromatic rings. The number of carbonyl (C=O) groups excluding carboxylic acids is 1. The Morgan fingerprint density at radius 2 is 2.12 bits per heavy atom. The Bertz CT molecular complexity index is 693. The van der Waals surface area contributed by atoms with Gasteiger partial charge in [-0.05, 0) is 37.8 Å². The van der Waals surface area contributed by atoms with Crippen LogP contribution in [0.1, 0.15) is 37.4 Å². The van der Waals surface area contributed by atoms with Crippen molar-refractivity contribution < 1.29 is 9.53 Å². The minimum absolute atomic E-state index is 0.159. The van der Waals surface area contributed by atoms with Crippen molar-refractivity contribution in [2.24, 2.45) is 0 Å². The van der Waals surface area contributed by atoms with Crippen molar-refractivity contribution >= 4 is 17.7 Å². The van der Waals surface area contributed by atoms with Gasteiger partial charge in [-0.1, -0.05) is 6.07 Å². The number of carbonyl (C=O) groups is 1. The fourth-order valence-electron chi connectivity index (χ4n) is 3.04. The van der Waals surface area contributed by atoms with Crippen LogP contribution in [0, 0.1) is 0 Å². The van der Waals surface area contributed by atoms with Crippen LogP contribution in [0.5, 0.6) is 5.75 Å². The number of benzene rings is 1. The number of amides is 2. The fourth-order valence-corrected chi connectivity index (χ4v) is 3.04. The molecular formula is C16H22N6O2. The summed E-state index contributed by atoms with van der Waals surface area (Å²) in [6, 6.07) is 7.24. The van der Waals surface area contributed by atoms with E-state index in [0.29, 0.717) is 17.4 Å². The van der Waals surface area contributed by atoms with E-state index in [1.165, 1.54) is 0 Å². The zero-order valence-electron chi connectivity index (χ0n) is 13.6. The maximum Gasteiger partial charge on any atom is 0.319 e. The number of nitrogen functional groups attached to an aromatic ring is 1. The minimum Gasteiger partial charge on any atom is -0.497 e. The van der Waals surface area contributed by atoms with Crippen LogP contribution in [0.4, 0.5) is 16.4 Å². The third-order valence-corrected chi connectivity index (χ3v) is 4.30. The Morgan fingerprint density at radius 1 is 1.33 bits per heavy atom. The highest BCUT2D eigenvalue weighted by atomic mass is 16.5. The van der Waals surface area contributed by atoms with Crippen molar-refractivity contribution in [3.05, 3.63) is 30.1 Å². The summed E-state index contributed by atoms with van der Waals surface area (Å²) >= 11 is 0. The Hall–Kier alpha value is -2.77. The molecule has 1 heterocycles. The average molecular weight is 330 g/mol. The molecular weight excluding hydrogens is 308 g/mol. The van der Waals surface area contributed by atoms with Gasteiger partial charge in [0, 0.05) is 23.7 Å². The van der Waals surface area contributed by atoms with Crippen molar-refractivity contribution in [3.8, 4) is 5.75 Å². The molecule has 128 valence electrons. The molecule has 0 bridgehead atoms. The van der Waals surface area contributed by atoms with Gasteiger partial charge in [-0.15, -0.1) is 5.10 Å². The number of nitrogens with zero attached hydrogens (tertiary/aromatic N) is 2. The number of urea groups is 1. The predicted molar refractivity (Wildman–Crippen MR) is 90.9 cm³/mol. The molecule has 5 N–H and O–H groups in total. The van der Waals surface area contributed by atoms with Crippen LogP contribution in [-0.4, -0.2) is 34.4 Å². The lowest BCUT2D eigenvalue weighted by molar-refractivity contribution is 0.242. The van der Waals surface area contributed by atoms with Gasteiger partial charge in [0.15, 0.2) is 0 Å². The molecule has 0 spiro atoms. The van der Waals surface area contributed by atoms with Crippen molar-refractivity contribution in [2.45, 2.75) is 37.6 Å². The number of ether oxygens (including phenoxy) is 1. The fraction of sp³-hybridized carbons (Fsp3) is 0.438. The van der Waals surface area contributed by atoms with Crippen LogP contribution < -0.4 is 21.1 Å². The third-order valence-electron chi connectivity index (χ3n) is 4.30. The van der Waals surface area contributed by atoms with E-state index in [1.807, 2.05) is 18.2 Å². The summed E-state index contributed by atoms with van der Waals surface area (Å²) in [5, 5.41) is 12.6. The lowest BCUT2D eigenvalue weighted by Gasteiger charge is -2.27. The molecule has 8 heteroatoms. The summed E-state index contributed by atoms with van der Waals surface area (Å²) in [5.41, 5.74) is 6.25. The molecule has 1 aliphatic rings. The van der Waals surface area contributed by atoms with E-state index in [4.69, 9.17) is 10.5 Å². The minimum atomic E-state index is -0.199. The smallest absolute Gasteiger partial charge is 0.319 e. The quantitative estimate of drug-likeness (QED) is 0.685. The Labute approximate surface area is 140 Å². The first-order chi connectivity index (χ1) is 11.6. The summed E-state index contributed by atoms with van der Waals surface area (Å²) in [7, 11) is 1.60. The molecule has 1 aliphatic carbocycles. The molecule has 0 aliphatic heterocycles. The Balaban J connectivity index is 1.47. The highest BCUT2D eigenvalue weighted by Crippen LogP contribution is 2.31. The molecule has 3 rings (SSSR count). The number of hydrogen-bond acceptors (Lipinski definition) is 5. The van der Waals surface area contributed by atoms with E-state index in [2.05, 4.69) is 25.8 Å². The predicted octanol–water partition coefficient (Wildman–Crippen LogP) is 2.24. The second kappa shape index (κ2) is 7.20. The summed E-state index contributed by atoms with van der Waals surface area (Å²) in [4.78, 5) is 16.3. The summed E-state index contributed by atoms with van der Waals surface area (Å²) < 4.78 is 5.15. The van der Waals surface area contributed by atoms with E-state index < -0.39 is 0 Å². The first-order valence-corrected chi connectivity index (χ1v) is 8.03. The summed E-state index contributed by atoms with van der Waals surface area (Å²) in [5.74, 6) is 2.16. The second-order valence-corrected chi connectivity index (χ2v) is 5.96. The van der Waals surface area contributed by atoms with E-state index in [1.54, 1.807) is 13.2 Å². The number of anilines is 2. The normalized spacial score (nSPS) is 20.4.